The molecule has 1 aliphatic rings. The van der Waals surface area contributed by atoms with Gasteiger partial charge in [-0.3, -0.25) is 9.59 Å². The fourth-order valence-electron chi connectivity index (χ4n) is 4.12. The van der Waals surface area contributed by atoms with Gasteiger partial charge in [0.15, 0.2) is 5.75 Å². The summed E-state index contributed by atoms with van der Waals surface area (Å²) in [4.78, 5) is 28.4. The third-order valence-corrected chi connectivity index (χ3v) is 5.95. The van der Waals surface area contributed by atoms with Crippen LogP contribution in [0.15, 0.2) is 76.5 Å². The first kappa shape index (κ1) is 22.5. The molecule has 1 fully saturated rings. The molecule has 3 aromatic heterocycles. The van der Waals surface area contributed by atoms with E-state index in [-0.39, 0.29) is 5.56 Å². The number of alkyl halides is 2. The Labute approximate surface area is 189 Å². The van der Waals surface area contributed by atoms with Crippen molar-refractivity contribution >= 4 is 10.9 Å². The van der Waals surface area contributed by atoms with Crippen molar-refractivity contribution < 1.29 is 13.5 Å². The molecule has 0 radical (unpaired) electrons. The minimum Gasteiger partial charge on any atom is -0.455 e. The van der Waals surface area contributed by atoms with Gasteiger partial charge in [0.2, 0.25) is 0 Å². The summed E-state index contributed by atoms with van der Waals surface area (Å²) < 4.78 is 36.0. The molecule has 6 nitrogen and oxygen atoms in total. The Kier molecular flexibility index (Phi) is 5.47. The number of pyridine rings is 2. The number of hydrogen-bond donors (Lipinski definition) is 1. The fourth-order valence-corrected chi connectivity index (χ4v) is 4.12. The molecule has 0 aromatic carbocycles. The van der Waals surface area contributed by atoms with Gasteiger partial charge >= 0.3 is 0 Å². The number of H-pyrrole nitrogens is 1. The van der Waals surface area contributed by atoms with Gasteiger partial charge in [0.1, 0.15) is 11.3 Å². The Morgan fingerprint density at radius 2 is 1.94 bits per heavy atom. The minimum absolute atomic E-state index is 0.212. The van der Waals surface area contributed by atoms with Crippen LogP contribution in [-0.4, -0.2) is 20.0 Å². The Hall–Kier alpha value is -3.68. The second kappa shape index (κ2) is 8.03. The first-order chi connectivity index (χ1) is 15.5. The lowest BCUT2D eigenvalue weighted by atomic mass is 9.87. The molecule has 0 amide bonds. The number of fused-ring (bicyclic) bond motifs is 1. The number of aryl methyl sites for hydroxylation is 1. The Bertz CT molecular complexity index is 1430. The van der Waals surface area contributed by atoms with Crippen LogP contribution in [0.25, 0.3) is 22.0 Å². The van der Waals surface area contributed by atoms with Gasteiger partial charge in [0.05, 0.1) is 6.20 Å². The summed E-state index contributed by atoms with van der Waals surface area (Å²) in [7, 11) is 1.62. The highest BCUT2D eigenvalue weighted by Gasteiger charge is 2.46. The van der Waals surface area contributed by atoms with Crippen molar-refractivity contribution in [1.29, 1.82) is 0 Å². The van der Waals surface area contributed by atoms with E-state index < -0.39 is 30.4 Å². The average molecular weight is 453 g/mol. The molecule has 1 saturated carbocycles. The zero-order chi connectivity index (χ0) is 24.1. The summed E-state index contributed by atoms with van der Waals surface area (Å²) in [5.41, 5.74) is 2.17. The normalized spacial score (nSPS) is 16.3. The predicted molar refractivity (Wildman–Crippen MR) is 125 cm³/mol. The summed E-state index contributed by atoms with van der Waals surface area (Å²) in [6.45, 7) is 11.3. The van der Waals surface area contributed by atoms with Gasteiger partial charge in [-0.15, -0.1) is 0 Å². The smallest absolute Gasteiger partial charge is 0.274 e. The number of halogens is 2. The summed E-state index contributed by atoms with van der Waals surface area (Å²) in [5, 5.41) is 0.622. The Balaban J connectivity index is 1.97. The van der Waals surface area contributed by atoms with Crippen molar-refractivity contribution in [2.75, 3.05) is 0 Å². The summed E-state index contributed by atoms with van der Waals surface area (Å²) in [5.74, 6) is -2.02. The number of hydrogen-bond acceptors (Lipinski definition) is 3. The standard InChI is InChI=1S/C25H25F2N3O3/c1-6-15(4)23(14(2)3)33-20-13-30(16-10-25(26,27)11-16)21(31)9-18(20)19-12-29(5)24(32)22-17(19)7-8-28-22/h6-9,12-13,16,28H,1-2,10-11H2,3-5H3/b23-15+. The summed E-state index contributed by atoms with van der Waals surface area (Å²) >= 11 is 0. The van der Waals surface area contributed by atoms with Crippen LogP contribution >= 0.6 is 0 Å². The van der Waals surface area contributed by atoms with Gasteiger partial charge in [-0.25, -0.2) is 8.78 Å². The highest BCUT2D eigenvalue weighted by Crippen LogP contribution is 2.46. The van der Waals surface area contributed by atoms with Gasteiger partial charge < -0.3 is 18.9 Å². The highest BCUT2D eigenvalue weighted by atomic mass is 19.3. The van der Waals surface area contributed by atoms with E-state index in [1.54, 1.807) is 38.5 Å². The van der Waals surface area contributed by atoms with Gasteiger partial charge in [-0.1, -0.05) is 19.2 Å². The van der Waals surface area contributed by atoms with Gasteiger partial charge in [-0.2, -0.15) is 0 Å². The molecular formula is C25H25F2N3O3. The van der Waals surface area contributed by atoms with Crippen LogP contribution in [0.4, 0.5) is 8.78 Å². The molecule has 3 aromatic rings. The van der Waals surface area contributed by atoms with Crippen molar-refractivity contribution in [2.24, 2.45) is 7.05 Å². The molecule has 0 unspecified atom stereocenters. The minimum atomic E-state index is -2.78. The van der Waals surface area contributed by atoms with Crippen LogP contribution < -0.4 is 15.9 Å². The number of aromatic amines is 1. The third-order valence-electron chi connectivity index (χ3n) is 5.95. The topological polar surface area (TPSA) is 69.0 Å². The maximum atomic E-state index is 13.5. The lowest BCUT2D eigenvalue weighted by Crippen LogP contribution is -2.40. The number of nitrogens with one attached hydrogen (secondary N) is 1. The lowest BCUT2D eigenvalue weighted by molar-refractivity contribution is -0.105. The number of aromatic nitrogens is 3. The number of rotatable bonds is 6. The van der Waals surface area contributed by atoms with E-state index in [1.165, 1.54) is 21.4 Å². The van der Waals surface area contributed by atoms with E-state index >= 15 is 0 Å². The molecule has 0 bridgehead atoms. The monoisotopic (exact) mass is 453 g/mol. The molecule has 3 heterocycles. The quantitative estimate of drug-likeness (QED) is 0.418. The van der Waals surface area contributed by atoms with Crippen LogP contribution in [0.2, 0.25) is 0 Å². The molecule has 1 N–H and O–H groups in total. The van der Waals surface area contributed by atoms with Gasteiger partial charge in [0, 0.05) is 60.9 Å². The second-order valence-corrected chi connectivity index (χ2v) is 8.54. The second-order valence-electron chi connectivity index (χ2n) is 8.54. The summed E-state index contributed by atoms with van der Waals surface area (Å²) in [6, 6.07) is 2.50. The van der Waals surface area contributed by atoms with Crippen LogP contribution in [0.3, 0.4) is 0 Å². The highest BCUT2D eigenvalue weighted by molar-refractivity contribution is 5.95. The van der Waals surface area contributed by atoms with Crippen LogP contribution in [0.5, 0.6) is 5.75 Å². The zero-order valence-corrected chi connectivity index (χ0v) is 18.7. The average Bonchev–Trinajstić information content (AvgIpc) is 3.23. The fraction of sp³-hybridized carbons (Fsp3) is 0.280. The molecule has 1 aliphatic carbocycles. The number of ether oxygens (including phenoxy) is 1. The molecule has 4 rings (SSSR count). The van der Waals surface area contributed by atoms with E-state index in [0.29, 0.717) is 39.1 Å². The predicted octanol–water partition coefficient (Wildman–Crippen LogP) is 5.08. The maximum absolute atomic E-state index is 13.5. The van der Waals surface area contributed by atoms with Crippen LogP contribution in [0.1, 0.15) is 32.7 Å². The number of allylic oxidation sites excluding steroid dienone is 3. The molecule has 172 valence electrons. The maximum Gasteiger partial charge on any atom is 0.274 e. The van der Waals surface area contributed by atoms with E-state index in [9.17, 15) is 18.4 Å². The van der Waals surface area contributed by atoms with Crippen molar-refractivity contribution in [3.05, 3.63) is 87.6 Å². The van der Waals surface area contributed by atoms with Crippen molar-refractivity contribution in [3.63, 3.8) is 0 Å². The first-order valence-corrected chi connectivity index (χ1v) is 10.5. The SMILES string of the molecule is C=C/C(C)=C(/Oc1cn(C2CC(F)(F)C2)c(=O)cc1-c1cn(C)c(=O)c2[nH]ccc12)C(=C)C. The van der Waals surface area contributed by atoms with Crippen molar-refractivity contribution in [2.45, 2.75) is 38.7 Å². The Morgan fingerprint density at radius 1 is 1.24 bits per heavy atom. The van der Waals surface area contributed by atoms with Gasteiger partial charge in [0.25, 0.3) is 17.0 Å². The largest absolute Gasteiger partial charge is 0.455 e. The third kappa shape index (κ3) is 3.97. The summed E-state index contributed by atoms with van der Waals surface area (Å²) in [6.07, 6.45) is 5.58. The molecule has 8 heteroatoms. The van der Waals surface area contributed by atoms with E-state index in [4.69, 9.17) is 4.74 Å². The number of nitrogens with zero attached hydrogens (tertiary/aromatic N) is 2. The van der Waals surface area contributed by atoms with Crippen LogP contribution in [-0.2, 0) is 7.05 Å². The molecule has 33 heavy (non-hydrogen) atoms. The molecule has 0 aliphatic heterocycles. The van der Waals surface area contributed by atoms with E-state index in [1.807, 2.05) is 6.92 Å². The first-order valence-electron chi connectivity index (χ1n) is 10.5. The van der Waals surface area contributed by atoms with Crippen molar-refractivity contribution in [3.8, 4) is 16.9 Å². The van der Waals surface area contributed by atoms with Gasteiger partial charge in [-0.05, 0) is 31.1 Å². The molecule has 0 atom stereocenters. The molecular weight excluding hydrogens is 428 g/mol. The van der Waals surface area contributed by atoms with E-state index in [0.717, 1.165) is 5.57 Å². The molecule has 0 spiro atoms. The zero-order valence-electron chi connectivity index (χ0n) is 18.7. The van der Waals surface area contributed by atoms with E-state index in [2.05, 4.69) is 18.1 Å². The lowest BCUT2D eigenvalue weighted by Gasteiger charge is -2.36. The Morgan fingerprint density at radius 3 is 2.55 bits per heavy atom. The van der Waals surface area contributed by atoms with Crippen molar-refractivity contribution in [1.82, 2.24) is 14.1 Å². The molecule has 0 saturated heterocycles. The van der Waals surface area contributed by atoms with Crippen LogP contribution in [0, 0.1) is 0 Å².